The number of benzene rings is 3. The van der Waals surface area contributed by atoms with Crippen molar-refractivity contribution in [3.8, 4) is 11.5 Å². The molecule has 0 radical (unpaired) electrons. The second-order valence-corrected chi connectivity index (χ2v) is 11.2. The Bertz CT molecular complexity index is 1790. The van der Waals surface area contributed by atoms with Gasteiger partial charge in [0.1, 0.15) is 0 Å². The molecule has 3 aromatic carbocycles. The van der Waals surface area contributed by atoms with Crippen LogP contribution in [-0.4, -0.2) is 46.8 Å². The number of rotatable bonds is 4. The van der Waals surface area contributed by atoms with Gasteiger partial charge in [-0.25, -0.2) is 9.79 Å². The summed E-state index contributed by atoms with van der Waals surface area (Å²) in [6, 6.07) is 22.3. The summed E-state index contributed by atoms with van der Waals surface area (Å²) < 4.78 is 7.55. The number of hydrogen-bond acceptors (Lipinski definition) is 7. The van der Waals surface area contributed by atoms with Crippen molar-refractivity contribution in [3.05, 3.63) is 114 Å². The van der Waals surface area contributed by atoms with Crippen LogP contribution in [0.5, 0.6) is 11.5 Å². The number of urea groups is 1. The molecule has 2 aliphatic heterocycles. The molecule has 0 unspecified atom stereocenters. The van der Waals surface area contributed by atoms with E-state index in [-0.39, 0.29) is 23.1 Å². The molecule has 2 amide bonds. The molecule has 9 nitrogen and oxygen atoms in total. The molecular weight excluding hydrogens is 582 g/mol. The summed E-state index contributed by atoms with van der Waals surface area (Å²) in [5, 5.41) is 10.2. The van der Waals surface area contributed by atoms with E-state index >= 15 is 0 Å². The van der Waals surface area contributed by atoms with Gasteiger partial charge in [0.25, 0.3) is 5.56 Å². The van der Waals surface area contributed by atoms with Crippen LogP contribution in [0.25, 0.3) is 6.08 Å². The van der Waals surface area contributed by atoms with Crippen molar-refractivity contribution in [2.24, 2.45) is 4.99 Å². The summed E-state index contributed by atoms with van der Waals surface area (Å²) in [6.07, 6.45) is 1.72. The number of nitrogens with zero attached hydrogens (tertiary/aromatic N) is 4. The van der Waals surface area contributed by atoms with E-state index in [0.717, 1.165) is 11.1 Å². The first-order valence-electron chi connectivity index (χ1n) is 12.1. The number of phenols is 1. The standard InChI is InChI=1S/C28H24BrN5O4S/c1-32-26(37)33(2)28(19-12-8-5-9-13-19)27(32,18-10-6-4-7-11-18)30-25-34(31-28)24(36)22(39-25)16-17-14-20(29)23(35)21(15-17)38-3/h4-16,31,35H,1-3H3/b22-16-/t27-,28-/m1/s1. The van der Waals surface area contributed by atoms with Gasteiger partial charge in [0, 0.05) is 25.2 Å². The highest BCUT2D eigenvalue weighted by atomic mass is 79.9. The maximum atomic E-state index is 13.8. The summed E-state index contributed by atoms with van der Waals surface area (Å²) >= 11 is 4.55. The SMILES string of the molecule is COc1cc(/C=c2\sc3n(c2=O)N[C@]2(c4ccccc4)N(C)C(=O)N(C)[C@@]2(c2ccccc2)N=3)cc(Br)c1O. The number of likely N-dealkylation sites (N-methyl/N-ethyl adjacent to an activating group) is 2. The van der Waals surface area contributed by atoms with Crippen LogP contribution in [0.15, 0.2) is 87.1 Å². The number of carbonyl (C=O) groups excluding carboxylic acids is 1. The van der Waals surface area contributed by atoms with E-state index in [0.29, 0.717) is 19.4 Å². The van der Waals surface area contributed by atoms with E-state index in [4.69, 9.17) is 9.73 Å². The van der Waals surface area contributed by atoms with Crippen molar-refractivity contribution in [1.29, 1.82) is 0 Å². The molecule has 1 fully saturated rings. The van der Waals surface area contributed by atoms with Gasteiger partial charge in [0.2, 0.25) is 16.1 Å². The van der Waals surface area contributed by atoms with E-state index in [1.807, 2.05) is 60.7 Å². The summed E-state index contributed by atoms with van der Waals surface area (Å²) in [7, 11) is 4.91. The fraction of sp³-hybridized carbons (Fsp3) is 0.179. The number of methoxy groups -OCH3 is 1. The van der Waals surface area contributed by atoms with Gasteiger partial charge < -0.3 is 9.84 Å². The summed E-state index contributed by atoms with van der Waals surface area (Å²) in [5.74, 6) is 0.258. The molecule has 2 aliphatic rings. The Labute approximate surface area is 236 Å². The fourth-order valence-electron chi connectivity index (χ4n) is 5.50. The van der Waals surface area contributed by atoms with Gasteiger partial charge in [0.15, 0.2) is 11.5 Å². The van der Waals surface area contributed by atoms with E-state index in [9.17, 15) is 14.7 Å². The van der Waals surface area contributed by atoms with E-state index in [1.165, 1.54) is 23.1 Å². The monoisotopic (exact) mass is 605 g/mol. The van der Waals surface area contributed by atoms with Gasteiger partial charge in [0.05, 0.1) is 16.1 Å². The minimum atomic E-state index is -1.23. The van der Waals surface area contributed by atoms with Crippen LogP contribution in [0.4, 0.5) is 4.79 Å². The predicted octanol–water partition coefficient (Wildman–Crippen LogP) is 3.10. The number of phenolic OH excluding ortho intramolecular Hbond substituents is 1. The van der Waals surface area contributed by atoms with Crippen LogP contribution in [0, 0.1) is 0 Å². The van der Waals surface area contributed by atoms with Gasteiger partial charge in [-0.1, -0.05) is 72.0 Å². The quantitative estimate of drug-likeness (QED) is 0.372. The third kappa shape index (κ3) is 3.39. The normalized spacial score (nSPS) is 22.3. The molecule has 198 valence electrons. The molecule has 1 aromatic heterocycles. The Hall–Kier alpha value is -4.09. The van der Waals surface area contributed by atoms with E-state index < -0.39 is 11.3 Å². The first kappa shape index (κ1) is 25.2. The minimum Gasteiger partial charge on any atom is -0.503 e. The number of nitrogens with one attached hydrogen (secondary N) is 1. The highest BCUT2D eigenvalue weighted by molar-refractivity contribution is 9.10. The molecule has 2 N–H and O–H groups in total. The van der Waals surface area contributed by atoms with Crippen molar-refractivity contribution >= 4 is 39.4 Å². The Balaban J connectivity index is 1.67. The van der Waals surface area contributed by atoms with Crippen LogP contribution < -0.4 is 25.1 Å². The fourth-order valence-corrected chi connectivity index (χ4v) is 6.93. The number of carbonyl (C=O) groups is 1. The zero-order valence-electron chi connectivity index (χ0n) is 21.3. The first-order chi connectivity index (χ1) is 18.7. The van der Waals surface area contributed by atoms with Crippen molar-refractivity contribution in [2.75, 3.05) is 26.6 Å². The molecule has 6 rings (SSSR count). The number of halogens is 1. The number of fused-ring (bicyclic) bond motifs is 2. The van der Waals surface area contributed by atoms with E-state index in [2.05, 4.69) is 21.4 Å². The zero-order valence-corrected chi connectivity index (χ0v) is 23.7. The molecule has 4 aromatic rings. The average Bonchev–Trinajstić information content (AvgIpc) is 3.34. The number of ether oxygens (including phenoxy) is 1. The maximum absolute atomic E-state index is 13.8. The van der Waals surface area contributed by atoms with Crippen LogP contribution in [-0.2, 0) is 11.3 Å². The third-order valence-electron chi connectivity index (χ3n) is 7.34. The zero-order chi connectivity index (χ0) is 27.5. The smallest absolute Gasteiger partial charge is 0.324 e. The van der Waals surface area contributed by atoms with Crippen LogP contribution in [0.1, 0.15) is 16.7 Å². The van der Waals surface area contributed by atoms with Crippen molar-refractivity contribution < 1.29 is 14.6 Å². The van der Waals surface area contributed by atoms with Crippen LogP contribution in [0.2, 0.25) is 0 Å². The number of aromatic nitrogens is 1. The van der Waals surface area contributed by atoms with Gasteiger partial charge in [-0.3, -0.25) is 20.0 Å². The van der Waals surface area contributed by atoms with Gasteiger partial charge in [-0.05, 0) is 39.7 Å². The number of amides is 2. The highest BCUT2D eigenvalue weighted by Gasteiger charge is 2.69. The van der Waals surface area contributed by atoms with Gasteiger partial charge >= 0.3 is 6.03 Å². The van der Waals surface area contributed by atoms with Crippen LogP contribution >= 0.6 is 27.3 Å². The van der Waals surface area contributed by atoms with Crippen molar-refractivity contribution in [1.82, 2.24) is 14.5 Å². The number of hydrogen-bond donors (Lipinski definition) is 2. The molecule has 3 heterocycles. The lowest BCUT2D eigenvalue weighted by atomic mass is 9.80. The predicted molar refractivity (Wildman–Crippen MR) is 152 cm³/mol. The minimum absolute atomic E-state index is 0.0216. The van der Waals surface area contributed by atoms with Gasteiger partial charge in [-0.15, -0.1) is 0 Å². The largest absolute Gasteiger partial charge is 0.503 e. The number of aromatic hydroxyl groups is 1. The van der Waals surface area contributed by atoms with E-state index in [1.54, 1.807) is 42.1 Å². The molecule has 0 saturated carbocycles. The highest BCUT2D eigenvalue weighted by Crippen LogP contribution is 2.53. The molecule has 11 heteroatoms. The van der Waals surface area contributed by atoms with Gasteiger partial charge in [-0.2, -0.15) is 4.68 Å². The van der Waals surface area contributed by atoms with Crippen molar-refractivity contribution in [3.63, 3.8) is 0 Å². The second kappa shape index (κ2) is 8.99. The molecule has 39 heavy (non-hydrogen) atoms. The Morgan fingerprint density at radius 2 is 1.64 bits per heavy atom. The molecule has 0 bridgehead atoms. The maximum Gasteiger partial charge on any atom is 0.324 e. The molecule has 0 aliphatic carbocycles. The lowest BCUT2D eigenvalue weighted by Gasteiger charge is -2.49. The Kier molecular flexibility index (Phi) is 5.81. The second-order valence-electron chi connectivity index (χ2n) is 9.33. The molecule has 2 atom stereocenters. The Morgan fingerprint density at radius 1 is 1.00 bits per heavy atom. The summed E-state index contributed by atoms with van der Waals surface area (Å²) in [4.78, 5) is 36.3. The lowest BCUT2D eigenvalue weighted by molar-refractivity contribution is 0.0648. The summed E-state index contributed by atoms with van der Waals surface area (Å²) in [6.45, 7) is 0. The topological polar surface area (TPSA) is 99.4 Å². The molecule has 1 saturated heterocycles. The first-order valence-corrected chi connectivity index (χ1v) is 13.7. The Morgan fingerprint density at radius 3 is 2.28 bits per heavy atom. The third-order valence-corrected chi connectivity index (χ3v) is 8.91. The van der Waals surface area contributed by atoms with Crippen molar-refractivity contribution in [2.45, 2.75) is 11.3 Å². The average molecular weight is 607 g/mol. The number of thiazole rings is 1. The van der Waals surface area contributed by atoms with Crippen LogP contribution in [0.3, 0.4) is 0 Å². The lowest BCUT2D eigenvalue weighted by Crippen LogP contribution is -2.67. The summed E-state index contributed by atoms with van der Waals surface area (Å²) in [5.41, 5.74) is 2.91. The molecule has 0 spiro atoms. The molecular formula is C28H24BrN5O4S.